The van der Waals surface area contributed by atoms with Gasteiger partial charge in [0.05, 0.1) is 12.2 Å². The lowest BCUT2D eigenvalue weighted by atomic mass is 9.83. The summed E-state index contributed by atoms with van der Waals surface area (Å²) in [4.78, 5) is 31.9. The molecule has 0 unspecified atom stereocenters. The zero-order valence-corrected chi connectivity index (χ0v) is 27.8. The van der Waals surface area contributed by atoms with Crippen molar-refractivity contribution in [3.05, 3.63) is 99.5 Å². The number of carbonyl (C=O) groups is 2. The lowest BCUT2D eigenvalue weighted by Crippen LogP contribution is -2.52. The maximum Gasteiger partial charge on any atom is 0.416 e. The van der Waals surface area contributed by atoms with Crippen molar-refractivity contribution in [3.63, 3.8) is 0 Å². The molecule has 1 heterocycles. The van der Waals surface area contributed by atoms with Crippen LogP contribution >= 0.6 is 15.9 Å². The summed E-state index contributed by atoms with van der Waals surface area (Å²) in [5, 5.41) is 9.03. The van der Waals surface area contributed by atoms with Gasteiger partial charge in [-0.1, -0.05) is 52.3 Å². The fourth-order valence-electron chi connectivity index (χ4n) is 4.91. The summed E-state index contributed by atoms with van der Waals surface area (Å²) in [5.74, 6) is -0.492. The first-order valence-corrected chi connectivity index (χ1v) is 15.8. The second-order valence-electron chi connectivity index (χ2n) is 11.9. The van der Waals surface area contributed by atoms with E-state index in [2.05, 4.69) is 26.8 Å². The van der Waals surface area contributed by atoms with E-state index in [-0.39, 0.29) is 31.9 Å². The highest BCUT2D eigenvalue weighted by atomic mass is 79.9. The molecule has 0 bridgehead atoms. The summed E-state index contributed by atoms with van der Waals surface area (Å²) in [6.07, 6.45) is -5.35. The molecule has 9 nitrogen and oxygen atoms in total. The Kier molecular flexibility index (Phi) is 11.7. The molecule has 3 aromatic rings. The first-order valence-electron chi connectivity index (χ1n) is 15.0. The zero-order valence-electron chi connectivity index (χ0n) is 26.2. The second kappa shape index (κ2) is 15.3. The van der Waals surface area contributed by atoms with Gasteiger partial charge in [0, 0.05) is 41.6 Å². The van der Waals surface area contributed by atoms with Crippen LogP contribution < -0.4 is 15.6 Å². The van der Waals surface area contributed by atoms with Crippen LogP contribution in [0.3, 0.4) is 0 Å². The number of ether oxygens (including phenoxy) is 3. The highest BCUT2D eigenvalue weighted by Gasteiger charge is 2.54. The molecule has 13 heteroatoms. The minimum absolute atomic E-state index is 0.00140. The average Bonchev–Trinajstić information content (AvgIpc) is 3.40. The number of carbonyl (C=O) groups excluding carboxylic acids is 2. The van der Waals surface area contributed by atoms with Gasteiger partial charge in [-0.2, -0.15) is 13.2 Å². The van der Waals surface area contributed by atoms with E-state index in [4.69, 9.17) is 24.3 Å². The van der Waals surface area contributed by atoms with Crippen LogP contribution in [0.1, 0.15) is 68.4 Å². The summed E-state index contributed by atoms with van der Waals surface area (Å²) in [6, 6.07) is 18.8. The number of amides is 1. The standard InChI is InChI=1S/C34H37BrF3N3O6/c1-32(2,3)47-28(43)16-17-33(31(44)41-39-21-22-8-6-9-24(20-22)34(36,37)38)29(26-10-4-5-11-27(26)35)46-30(40-33)23-12-14-25(15-13-23)45-19-7-18-42/h4-6,8-15,20,29,39,42H,7,16-19,21H2,1-3H3,(H,41,44)/t29-,33-/m0/s1. The maximum atomic E-state index is 14.2. The molecule has 1 aliphatic rings. The van der Waals surface area contributed by atoms with E-state index < -0.39 is 40.9 Å². The molecule has 1 aliphatic heterocycles. The lowest BCUT2D eigenvalue weighted by Gasteiger charge is -2.31. The first kappa shape index (κ1) is 35.9. The zero-order chi connectivity index (χ0) is 34.2. The second-order valence-corrected chi connectivity index (χ2v) is 12.8. The highest BCUT2D eigenvalue weighted by molar-refractivity contribution is 9.10. The van der Waals surface area contributed by atoms with E-state index in [0.29, 0.717) is 39.9 Å². The number of nitrogens with one attached hydrogen (secondary N) is 2. The number of rotatable bonds is 13. The molecule has 0 radical (unpaired) electrons. The molecule has 252 valence electrons. The Labute approximate surface area is 279 Å². The van der Waals surface area contributed by atoms with E-state index >= 15 is 0 Å². The van der Waals surface area contributed by atoms with E-state index in [1.165, 1.54) is 12.1 Å². The van der Waals surface area contributed by atoms with E-state index in [1.54, 1.807) is 69.3 Å². The largest absolute Gasteiger partial charge is 0.494 e. The van der Waals surface area contributed by atoms with Gasteiger partial charge < -0.3 is 19.3 Å². The van der Waals surface area contributed by atoms with Crippen molar-refractivity contribution < 1.29 is 42.1 Å². The predicted molar refractivity (Wildman–Crippen MR) is 172 cm³/mol. The van der Waals surface area contributed by atoms with Crippen LogP contribution in [0, 0.1) is 0 Å². The molecule has 1 amide bonds. The molecule has 0 fully saturated rings. The highest BCUT2D eigenvalue weighted by Crippen LogP contribution is 2.45. The van der Waals surface area contributed by atoms with Gasteiger partial charge in [-0.15, -0.1) is 0 Å². The minimum atomic E-state index is -4.52. The number of alkyl halides is 3. The SMILES string of the molecule is CC(C)(C)OC(=O)CC[C@]1(C(=O)NNCc2cccc(C(F)(F)F)c2)N=C(c2ccc(OCCCO)cc2)O[C@H]1c1ccccc1Br. The number of esters is 1. The summed E-state index contributed by atoms with van der Waals surface area (Å²) in [5.41, 5.74) is 3.48. The molecular formula is C34H37BrF3N3O6. The Morgan fingerprint density at radius 1 is 1.04 bits per heavy atom. The normalized spacial score (nSPS) is 17.9. The number of aliphatic hydroxyl groups excluding tert-OH is 1. The molecule has 47 heavy (non-hydrogen) atoms. The Hall–Kier alpha value is -3.94. The molecule has 3 aromatic carbocycles. The van der Waals surface area contributed by atoms with Crippen molar-refractivity contribution in [2.75, 3.05) is 13.2 Å². The van der Waals surface area contributed by atoms with Crippen LogP contribution in [-0.4, -0.2) is 47.2 Å². The van der Waals surface area contributed by atoms with Crippen molar-refractivity contribution in [1.29, 1.82) is 0 Å². The molecule has 4 rings (SSSR count). The van der Waals surface area contributed by atoms with Crippen molar-refractivity contribution >= 4 is 33.7 Å². The number of halogens is 4. The molecule has 0 saturated carbocycles. The van der Waals surface area contributed by atoms with Gasteiger partial charge in [-0.05, 0) is 69.2 Å². The van der Waals surface area contributed by atoms with Gasteiger partial charge in [-0.25, -0.2) is 10.4 Å². The number of hydrazine groups is 1. The third-order valence-corrected chi connectivity index (χ3v) is 7.82. The predicted octanol–water partition coefficient (Wildman–Crippen LogP) is 6.43. The fraction of sp³-hybridized carbons (Fsp3) is 0.382. The van der Waals surface area contributed by atoms with E-state index in [1.807, 2.05) is 0 Å². The number of benzene rings is 3. The number of aliphatic imine (C=N–C) groups is 1. The van der Waals surface area contributed by atoms with Gasteiger partial charge in [0.2, 0.25) is 5.90 Å². The summed E-state index contributed by atoms with van der Waals surface area (Å²) < 4.78 is 58.0. The fourth-order valence-corrected chi connectivity index (χ4v) is 5.41. The van der Waals surface area contributed by atoms with Gasteiger partial charge >= 0.3 is 12.1 Å². The molecule has 2 atom stereocenters. The average molecular weight is 721 g/mol. The Morgan fingerprint density at radius 3 is 2.43 bits per heavy atom. The van der Waals surface area contributed by atoms with Crippen LogP contribution in [0.25, 0.3) is 0 Å². The number of hydrogen-bond donors (Lipinski definition) is 3. The topological polar surface area (TPSA) is 118 Å². The Balaban J connectivity index is 1.68. The Morgan fingerprint density at radius 2 is 1.77 bits per heavy atom. The molecule has 0 spiro atoms. The van der Waals surface area contributed by atoms with Crippen LogP contribution in [0.15, 0.2) is 82.3 Å². The quantitative estimate of drug-likeness (QED) is 0.106. The van der Waals surface area contributed by atoms with Crippen molar-refractivity contribution in [3.8, 4) is 5.75 Å². The summed E-state index contributed by atoms with van der Waals surface area (Å²) >= 11 is 3.55. The number of hydrogen-bond acceptors (Lipinski definition) is 8. The third-order valence-electron chi connectivity index (χ3n) is 7.10. The molecule has 3 N–H and O–H groups in total. The van der Waals surface area contributed by atoms with Crippen LogP contribution in [-0.2, 0) is 31.8 Å². The van der Waals surface area contributed by atoms with Crippen LogP contribution in [0.4, 0.5) is 13.2 Å². The minimum Gasteiger partial charge on any atom is -0.494 e. The van der Waals surface area contributed by atoms with Gasteiger partial charge in [0.1, 0.15) is 11.4 Å². The number of aliphatic hydroxyl groups is 1. The first-order chi connectivity index (χ1) is 22.2. The molecule has 0 aliphatic carbocycles. The summed E-state index contributed by atoms with van der Waals surface area (Å²) in [7, 11) is 0. The van der Waals surface area contributed by atoms with E-state index in [0.717, 1.165) is 12.1 Å². The van der Waals surface area contributed by atoms with Gasteiger partial charge in [0.25, 0.3) is 5.91 Å². The van der Waals surface area contributed by atoms with Gasteiger partial charge in [-0.3, -0.25) is 15.0 Å². The van der Waals surface area contributed by atoms with Gasteiger partial charge in [0.15, 0.2) is 11.6 Å². The molecule has 0 aromatic heterocycles. The lowest BCUT2D eigenvalue weighted by molar-refractivity contribution is -0.155. The summed E-state index contributed by atoms with van der Waals surface area (Å²) in [6.45, 7) is 5.43. The third kappa shape index (κ3) is 9.55. The monoisotopic (exact) mass is 719 g/mol. The maximum absolute atomic E-state index is 14.2. The number of nitrogens with zero attached hydrogens (tertiary/aromatic N) is 1. The Bertz CT molecular complexity index is 1580. The van der Waals surface area contributed by atoms with Crippen LogP contribution in [0.5, 0.6) is 5.75 Å². The van der Waals surface area contributed by atoms with Crippen LogP contribution in [0.2, 0.25) is 0 Å². The van der Waals surface area contributed by atoms with Crippen molar-refractivity contribution in [1.82, 2.24) is 10.9 Å². The van der Waals surface area contributed by atoms with Crippen molar-refractivity contribution in [2.24, 2.45) is 4.99 Å². The van der Waals surface area contributed by atoms with Crippen molar-refractivity contribution in [2.45, 2.75) is 70.0 Å². The molecular weight excluding hydrogens is 683 g/mol. The smallest absolute Gasteiger partial charge is 0.416 e. The van der Waals surface area contributed by atoms with E-state index in [9.17, 15) is 22.8 Å². The molecule has 0 saturated heterocycles.